The van der Waals surface area contributed by atoms with Crippen LogP contribution >= 0.6 is 0 Å². The van der Waals surface area contributed by atoms with E-state index in [-0.39, 0.29) is 0 Å². The summed E-state index contributed by atoms with van der Waals surface area (Å²) in [5.74, 6) is 0.455. The zero-order valence-electron chi connectivity index (χ0n) is 69.0. The molecule has 5 aliphatic heterocycles. The van der Waals surface area contributed by atoms with Gasteiger partial charge in [0.1, 0.15) is 16.1 Å². The first-order valence-electron chi connectivity index (χ1n) is 41.1. The summed E-state index contributed by atoms with van der Waals surface area (Å²) < 4.78 is 0. The van der Waals surface area contributed by atoms with E-state index >= 15 is 0 Å². The summed E-state index contributed by atoms with van der Waals surface area (Å²) in [6.45, 7) is 43.9. The fourth-order valence-corrected chi connectivity index (χ4v) is 48.8. The summed E-state index contributed by atoms with van der Waals surface area (Å²) in [6.07, 6.45) is 6.03. The quantitative estimate of drug-likeness (QED) is 0.0667. The number of aryl methyl sites for hydroxylation is 4. The Labute approximate surface area is 665 Å². The Morgan fingerprint density at radius 2 is 0.527 bits per heavy atom. The Morgan fingerprint density at radius 1 is 0.245 bits per heavy atom. The van der Waals surface area contributed by atoms with Crippen LogP contribution in [-0.4, -0.2) is 40.4 Å². The molecular formula is C105H114Si5. The molecule has 0 N–H and O–H groups in total. The van der Waals surface area contributed by atoms with E-state index in [9.17, 15) is 0 Å². The largest absolute Gasteiger partial charge is 0.180 e. The van der Waals surface area contributed by atoms with E-state index in [0.29, 0.717) is 5.92 Å². The van der Waals surface area contributed by atoms with E-state index in [4.69, 9.17) is 0 Å². The van der Waals surface area contributed by atoms with Crippen LogP contribution in [-0.2, 0) is 0 Å². The zero-order chi connectivity index (χ0) is 77.6. The van der Waals surface area contributed by atoms with Crippen molar-refractivity contribution in [2.24, 2.45) is 5.92 Å². The highest BCUT2D eigenvalue weighted by molar-refractivity contribution is 7.23. The molecule has 0 saturated carbocycles. The van der Waals surface area contributed by atoms with Crippen molar-refractivity contribution in [3.05, 3.63) is 409 Å². The second-order valence-corrected chi connectivity index (χ2v) is 52.9. The maximum atomic E-state index is 2.85. The van der Waals surface area contributed by atoms with Gasteiger partial charge >= 0.3 is 0 Å². The van der Waals surface area contributed by atoms with Crippen LogP contribution in [0.5, 0.6) is 0 Å². The van der Waals surface area contributed by atoms with Gasteiger partial charge in [-0.05, 0) is 221 Å². The Hall–Kier alpha value is -9.32. The summed E-state index contributed by atoms with van der Waals surface area (Å²) >= 11 is 0. The van der Waals surface area contributed by atoms with Gasteiger partial charge in [-0.2, -0.15) is 0 Å². The summed E-state index contributed by atoms with van der Waals surface area (Å²) in [5.41, 5.74) is 29.0. The van der Waals surface area contributed by atoms with Gasteiger partial charge in [-0.15, -0.1) is 0 Å². The Kier molecular flexibility index (Phi) is 22.1. The van der Waals surface area contributed by atoms with E-state index in [0.717, 1.165) is 38.5 Å². The SMILES string of the molecule is CC1=C(c2ccc(C)cc2)C(c2ccc(C)cc2)=C(C2=C(c3ccc(C)cc3)C(c3ccc(C)cc3)=C(C(C)C)[Si]2(C)C)[Si]1(C)C.CCC1=C[Si](c2ccccc2)(c2ccccc2)C(C2=C(CC)C(CC)=C(C3=C(CC)C(CC)=C(C)[Si]3(c3ccccc3)c3ccccc3)[Si]2(c2ccccc2)c2ccccc2)=C1CC. The third kappa shape index (κ3) is 12.6. The van der Waals surface area contributed by atoms with E-state index in [1.165, 1.54) is 97.9 Å². The van der Waals surface area contributed by atoms with Gasteiger partial charge in [-0.3, -0.25) is 0 Å². The molecule has 0 atom stereocenters. The minimum atomic E-state index is -3.23. The number of allylic oxidation sites excluding steroid dienone is 19. The van der Waals surface area contributed by atoms with Gasteiger partial charge in [-0.25, -0.2) is 0 Å². The second kappa shape index (κ2) is 31.5. The van der Waals surface area contributed by atoms with Crippen LogP contribution in [0.1, 0.15) is 152 Å². The van der Waals surface area contributed by atoms with Crippen molar-refractivity contribution in [1.82, 2.24) is 0 Å². The predicted octanol–water partition coefficient (Wildman–Crippen LogP) is 24.3. The molecule has 0 amide bonds. The van der Waals surface area contributed by atoms with E-state index in [1.807, 2.05) is 0 Å². The van der Waals surface area contributed by atoms with Crippen LogP contribution in [0, 0.1) is 33.6 Å². The lowest BCUT2D eigenvalue weighted by molar-refractivity contribution is 0.808. The van der Waals surface area contributed by atoms with Crippen LogP contribution in [0.2, 0.25) is 26.2 Å². The van der Waals surface area contributed by atoms with Gasteiger partial charge in [0.2, 0.25) is 0 Å². The standard InChI is InChI=1S/C61H64Si3.C44H50Si2/c1-8-46-44-62(47-32-20-14-21-33-47,48-34-22-15-23-35-48)58(54(46)10-3)59-56(12-5)57(13-6)61(64(59,51-40-28-18-29-41-51)52-42-30-19-31-43-52)60-55(11-4)53(9-2)45(7)63(60,49-36-24-16-25-37-49)50-38-26-17-27-39-50;1-28(2)42-40(36-24-16-31(5)17-25-36)41(37-26-18-32(6)19-27-37)44(46(42,10)11)43-39(35-22-14-30(4)15-23-35)38(33(7)45(43,8)9)34-20-12-29(3)13-21-34/h14-44H,8-13H2,1-7H3;12-28H,1-11H3. The fourth-order valence-electron chi connectivity index (χ4n) is 21.0. The van der Waals surface area contributed by atoms with E-state index < -0.39 is 40.4 Å². The minimum absolute atomic E-state index is 0.455. The highest BCUT2D eigenvalue weighted by Crippen LogP contribution is 2.61. The molecule has 0 aliphatic carbocycles. The lowest BCUT2D eigenvalue weighted by Crippen LogP contribution is -2.69. The van der Waals surface area contributed by atoms with Gasteiger partial charge < -0.3 is 0 Å². The van der Waals surface area contributed by atoms with E-state index in [2.05, 4.69) is 408 Å². The highest BCUT2D eigenvalue weighted by atomic mass is 28.3. The second-order valence-electron chi connectivity index (χ2n) is 33.0. The molecule has 5 heterocycles. The molecule has 0 fully saturated rings. The number of rotatable bonds is 20. The van der Waals surface area contributed by atoms with Crippen LogP contribution in [0.15, 0.2) is 365 Å². The molecule has 554 valence electrons. The van der Waals surface area contributed by atoms with Gasteiger partial charge in [0.15, 0.2) is 24.2 Å². The lowest BCUT2D eigenvalue weighted by atomic mass is 9.87. The minimum Gasteiger partial charge on any atom is -0.0783 e. The molecule has 0 saturated heterocycles. The molecule has 10 aromatic carbocycles. The molecule has 110 heavy (non-hydrogen) atoms. The number of benzene rings is 10. The summed E-state index contributed by atoms with van der Waals surface area (Å²) in [6, 6.07) is 109. The highest BCUT2D eigenvalue weighted by Gasteiger charge is 2.63. The molecule has 15 rings (SSSR count). The molecule has 0 aromatic heterocycles. The average Bonchev–Trinajstić information content (AvgIpc) is 1.49. The summed E-state index contributed by atoms with van der Waals surface area (Å²) in [4.78, 5) is 0. The summed E-state index contributed by atoms with van der Waals surface area (Å²) in [5, 5.41) is 24.0. The van der Waals surface area contributed by atoms with Gasteiger partial charge in [0, 0.05) is 0 Å². The van der Waals surface area contributed by atoms with Crippen molar-refractivity contribution >= 4 is 93.8 Å². The first kappa shape index (κ1) is 77.4. The molecule has 0 spiro atoms. The van der Waals surface area contributed by atoms with Crippen LogP contribution in [0.3, 0.4) is 0 Å². The molecule has 0 nitrogen and oxygen atoms in total. The van der Waals surface area contributed by atoms with Gasteiger partial charge in [0.05, 0.1) is 0 Å². The fraction of sp³-hybridized carbons (Fsp3) is 0.238. The number of hydrogen-bond acceptors (Lipinski definition) is 0. The smallest absolute Gasteiger partial charge is 0.0783 e. The van der Waals surface area contributed by atoms with Crippen LogP contribution in [0.4, 0.5) is 0 Å². The Balaban J connectivity index is 0.000000194. The van der Waals surface area contributed by atoms with Gasteiger partial charge in [-0.1, -0.05) is 410 Å². The van der Waals surface area contributed by atoms with Crippen molar-refractivity contribution in [2.45, 2.75) is 162 Å². The van der Waals surface area contributed by atoms with Crippen molar-refractivity contribution in [3.63, 3.8) is 0 Å². The van der Waals surface area contributed by atoms with Crippen LogP contribution < -0.4 is 31.1 Å². The number of hydrogen-bond donors (Lipinski definition) is 0. The Morgan fingerprint density at radius 3 is 0.864 bits per heavy atom. The van der Waals surface area contributed by atoms with Crippen LogP contribution in [0.25, 0.3) is 22.3 Å². The van der Waals surface area contributed by atoms with Crippen molar-refractivity contribution in [3.8, 4) is 0 Å². The normalized spacial score (nSPS) is 17.8. The lowest BCUT2D eigenvalue weighted by Gasteiger charge is -2.44. The third-order valence-electron chi connectivity index (χ3n) is 25.9. The maximum absolute atomic E-state index is 3.23. The summed E-state index contributed by atoms with van der Waals surface area (Å²) in [7, 11) is -13.3. The van der Waals surface area contributed by atoms with E-state index in [1.54, 1.807) is 80.2 Å². The first-order chi connectivity index (χ1) is 53.2. The molecule has 0 unspecified atom stereocenters. The first-order valence-corrected chi connectivity index (χ1v) is 53.2. The third-order valence-corrected chi connectivity index (χ3v) is 49.2. The molecule has 5 heteroatoms. The zero-order valence-corrected chi connectivity index (χ0v) is 74.0. The molecular weight excluding hydrogens is 1400 g/mol. The van der Waals surface area contributed by atoms with Gasteiger partial charge in [0.25, 0.3) is 0 Å². The maximum Gasteiger partial charge on any atom is 0.180 e. The monoisotopic (exact) mass is 1510 g/mol. The molecule has 0 radical (unpaired) electrons. The molecule has 10 aromatic rings. The average molecular weight is 1520 g/mol. The van der Waals surface area contributed by atoms with Crippen molar-refractivity contribution in [2.75, 3.05) is 0 Å². The Bertz CT molecular complexity index is 5340. The molecule has 0 bridgehead atoms. The van der Waals surface area contributed by atoms with Crippen molar-refractivity contribution in [1.29, 1.82) is 0 Å². The van der Waals surface area contributed by atoms with Crippen molar-refractivity contribution < 1.29 is 0 Å². The molecule has 5 aliphatic rings. The predicted molar refractivity (Wildman–Crippen MR) is 492 cm³/mol. The topological polar surface area (TPSA) is 0 Å².